The van der Waals surface area contributed by atoms with Gasteiger partial charge >= 0.3 is 5.97 Å². The van der Waals surface area contributed by atoms with Crippen LogP contribution in [0, 0.1) is 11.3 Å². The van der Waals surface area contributed by atoms with Crippen LogP contribution < -0.4 is 5.32 Å². The zero-order valence-corrected chi connectivity index (χ0v) is 8.26. The lowest BCUT2D eigenvalue weighted by atomic mass is 10.3. The number of rotatable bonds is 2. The number of thioether (sulfide) groups is 1. The fourth-order valence-electron chi connectivity index (χ4n) is 0.936. The molecular weight excluding hydrogens is 204 g/mol. The summed E-state index contributed by atoms with van der Waals surface area (Å²) >= 11 is 1.16. The zero-order valence-electron chi connectivity index (χ0n) is 7.44. The number of nitrogens with one attached hydrogen (secondary N) is 1. The van der Waals surface area contributed by atoms with Gasteiger partial charge in [-0.25, -0.2) is 0 Å². The summed E-state index contributed by atoms with van der Waals surface area (Å²) in [6.45, 7) is 0. The van der Waals surface area contributed by atoms with Gasteiger partial charge in [0.05, 0.1) is 24.6 Å². The van der Waals surface area contributed by atoms with Crippen LogP contribution in [0.15, 0.2) is 11.1 Å². The van der Waals surface area contributed by atoms with Gasteiger partial charge in [-0.2, -0.15) is 5.26 Å². The number of carbonyl (C=O) groups excluding carboxylic acids is 2. The monoisotopic (exact) mass is 212 g/mol. The van der Waals surface area contributed by atoms with Crippen LogP contribution in [0.5, 0.6) is 0 Å². The Morgan fingerprint density at radius 3 is 3.14 bits per heavy atom. The van der Waals surface area contributed by atoms with Crippen LogP contribution in [0.2, 0.25) is 0 Å². The molecule has 1 aliphatic heterocycles. The molecule has 14 heavy (non-hydrogen) atoms. The second kappa shape index (κ2) is 4.67. The Hall–Kier alpha value is -1.48. The third-order valence-corrected chi connectivity index (χ3v) is 2.72. The Labute approximate surface area is 85.1 Å². The molecule has 0 spiro atoms. The topological polar surface area (TPSA) is 79.2 Å². The molecule has 5 nitrogen and oxygen atoms in total. The van der Waals surface area contributed by atoms with Crippen molar-refractivity contribution in [1.29, 1.82) is 5.26 Å². The minimum atomic E-state index is -0.484. The molecule has 0 aromatic carbocycles. The van der Waals surface area contributed by atoms with Crippen LogP contribution >= 0.6 is 11.8 Å². The highest BCUT2D eigenvalue weighted by atomic mass is 32.2. The van der Waals surface area contributed by atoms with Crippen LogP contribution in [-0.2, 0) is 14.3 Å². The molecular formula is C8H8N2O3S. The normalized spacial score (nSPS) is 23.0. The van der Waals surface area contributed by atoms with E-state index in [0.29, 0.717) is 5.03 Å². The molecule has 0 aromatic rings. The molecule has 1 heterocycles. The largest absolute Gasteiger partial charge is 0.469 e. The van der Waals surface area contributed by atoms with Gasteiger partial charge < -0.3 is 10.1 Å². The highest BCUT2D eigenvalue weighted by Crippen LogP contribution is 2.28. The first kappa shape index (κ1) is 10.6. The lowest BCUT2D eigenvalue weighted by molar-refractivity contribution is -0.141. The van der Waals surface area contributed by atoms with Crippen molar-refractivity contribution in [3.8, 4) is 6.07 Å². The van der Waals surface area contributed by atoms with E-state index >= 15 is 0 Å². The Balaban J connectivity index is 2.58. The summed E-state index contributed by atoms with van der Waals surface area (Å²) in [5.41, 5.74) is 0. The fraction of sp³-hybridized carbons (Fsp3) is 0.375. The second-order valence-electron chi connectivity index (χ2n) is 2.51. The Morgan fingerprint density at radius 1 is 1.86 bits per heavy atom. The van der Waals surface area contributed by atoms with Crippen LogP contribution in [-0.4, -0.2) is 24.2 Å². The van der Waals surface area contributed by atoms with E-state index in [1.165, 1.54) is 13.2 Å². The third kappa shape index (κ3) is 2.50. The summed E-state index contributed by atoms with van der Waals surface area (Å²) in [6.07, 6.45) is 1.26. The number of ether oxygens (including phenoxy) is 1. The summed E-state index contributed by atoms with van der Waals surface area (Å²) in [7, 11) is 1.27. The van der Waals surface area contributed by atoms with E-state index in [9.17, 15) is 9.59 Å². The molecule has 1 atom stereocenters. The van der Waals surface area contributed by atoms with E-state index in [4.69, 9.17) is 5.26 Å². The van der Waals surface area contributed by atoms with Gasteiger partial charge in [-0.1, -0.05) is 11.8 Å². The maximum Gasteiger partial charge on any atom is 0.307 e. The minimum Gasteiger partial charge on any atom is -0.469 e. The molecule has 6 heteroatoms. The van der Waals surface area contributed by atoms with Gasteiger partial charge in [0.1, 0.15) is 5.25 Å². The van der Waals surface area contributed by atoms with E-state index in [1.54, 1.807) is 6.07 Å². The molecule has 74 valence electrons. The average Bonchev–Trinajstić information content (AvgIpc) is 2.47. The van der Waals surface area contributed by atoms with E-state index in [-0.39, 0.29) is 12.3 Å². The van der Waals surface area contributed by atoms with E-state index in [0.717, 1.165) is 11.8 Å². The predicted octanol–water partition coefficient (Wildman–Crippen LogP) is 0.146. The van der Waals surface area contributed by atoms with Crippen molar-refractivity contribution in [3.05, 3.63) is 11.1 Å². The molecule has 1 aliphatic rings. The summed E-state index contributed by atoms with van der Waals surface area (Å²) in [4.78, 5) is 22.1. The summed E-state index contributed by atoms with van der Waals surface area (Å²) in [5, 5.41) is 10.8. The van der Waals surface area contributed by atoms with Crippen molar-refractivity contribution < 1.29 is 14.3 Å². The molecule has 0 saturated carbocycles. The predicted molar refractivity (Wildman–Crippen MR) is 49.9 cm³/mol. The van der Waals surface area contributed by atoms with Crippen LogP contribution in [0.3, 0.4) is 0 Å². The summed E-state index contributed by atoms with van der Waals surface area (Å²) in [5.74, 6) is -0.697. The van der Waals surface area contributed by atoms with Gasteiger partial charge in [0.25, 0.3) is 0 Å². The number of allylic oxidation sites excluding steroid dienone is 1. The zero-order chi connectivity index (χ0) is 10.6. The minimum absolute atomic E-state index is 0.0236. The molecule has 1 saturated heterocycles. The van der Waals surface area contributed by atoms with Gasteiger partial charge in [0.2, 0.25) is 5.91 Å². The van der Waals surface area contributed by atoms with Crippen LogP contribution in [0.1, 0.15) is 6.42 Å². The number of carbonyl (C=O) groups is 2. The lowest BCUT2D eigenvalue weighted by Gasteiger charge is -2.01. The van der Waals surface area contributed by atoms with Crippen molar-refractivity contribution in [3.63, 3.8) is 0 Å². The first-order valence-electron chi connectivity index (χ1n) is 3.81. The van der Waals surface area contributed by atoms with Crippen molar-refractivity contribution in [2.24, 2.45) is 0 Å². The molecule has 1 amide bonds. The Morgan fingerprint density at radius 2 is 2.57 bits per heavy atom. The molecule has 0 aromatic heterocycles. The van der Waals surface area contributed by atoms with Gasteiger partial charge in [-0.3, -0.25) is 9.59 Å². The van der Waals surface area contributed by atoms with E-state index in [2.05, 4.69) is 10.1 Å². The van der Waals surface area contributed by atoms with E-state index in [1.807, 2.05) is 0 Å². The molecule has 0 aliphatic carbocycles. The molecule has 0 unspecified atom stereocenters. The highest BCUT2D eigenvalue weighted by molar-refractivity contribution is 8.04. The first-order chi connectivity index (χ1) is 6.67. The highest BCUT2D eigenvalue weighted by Gasteiger charge is 2.31. The van der Waals surface area contributed by atoms with Crippen molar-refractivity contribution in [2.45, 2.75) is 11.7 Å². The maximum atomic E-state index is 11.2. The van der Waals surface area contributed by atoms with Crippen LogP contribution in [0.4, 0.5) is 0 Å². The van der Waals surface area contributed by atoms with Crippen molar-refractivity contribution >= 4 is 23.6 Å². The number of methoxy groups -OCH3 is 1. The maximum absolute atomic E-state index is 11.2. The summed E-state index contributed by atoms with van der Waals surface area (Å²) in [6, 6.07) is 1.80. The molecule has 1 fully saturated rings. The average molecular weight is 212 g/mol. The standard InChI is InChI=1S/C8H8N2O3S/c1-13-7(11)4-5-8(12)10-6(14-5)2-3-9/h2,5H,4H2,1H3,(H,10,12)/b6-2+/t5-/m1/s1. The number of nitrogens with zero attached hydrogens (tertiary/aromatic N) is 1. The van der Waals surface area contributed by atoms with Crippen LogP contribution in [0.25, 0.3) is 0 Å². The van der Waals surface area contributed by atoms with Gasteiger partial charge in [0.15, 0.2) is 0 Å². The fourth-order valence-corrected chi connectivity index (χ4v) is 1.91. The van der Waals surface area contributed by atoms with Gasteiger partial charge in [-0.05, 0) is 0 Å². The molecule has 0 radical (unpaired) electrons. The first-order valence-corrected chi connectivity index (χ1v) is 4.69. The van der Waals surface area contributed by atoms with Crippen molar-refractivity contribution in [1.82, 2.24) is 5.32 Å². The SMILES string of the molecule is COC(=O)C[C@H]1S/C(=C/C#N)NC1=O. The Bertz CT molecular complexity index is 332. The van der Waals surface area contributed by atoms with E-state index < -0.39 is 11.2 Å². The third-order valence-electron chi connectivity index (χ3n) is 1.58. The molecule has 1 N–H and O–H groups in total. The number of hydrogen-bond donors (Lipinski definition) is 1. The second-order valence-corrected chi connectivity index (χ2v) is 3.76. The molecule has 1 rings (SSSR count). The smallest absolute Gasteiger partial charge is 0.307 e. The van der Waals surface area contributed by atoms with Gasteiger partial charge in [0, 0.05) is 6.08 Å². The number of nitriles is 1. The van der Waals surface area contributed by atoms with Crippen molar-refractivity contribution in [2.75, 3.05) is 7.11 Å². The Kier molecular flexibility index (Phi) is 3.54. The molecule has 0 bridgehead atoms. The quantitative estimate of drug-likeness (QED) is 0.520. The summed E-state index contributed by atoms with van der Waals surface area (Å²) < 4.78 is 4.44. The van der Waals surface area contributed by atoms with Gasteiger partial charge in [-0.15, -0.1) is 0 Å². The number of amides is 1. The number of esters is 1. The number of hydrogen-bond acceptors (Lipinski definition) is 5. The lowest BCUT2D eigenvalue weighted by Crippen LogP contribution is -2.24.